The van der Waals surface area contributed by atoms with E-state index >= 15 is 0 Å². The van der Waals surface area contributed by atoms with Crippen molar-refractivity contribution >= 4 is 5.97 Å². The van der Waals surface area contributed by atoms with E-state index in [2.05, 4.69) is 6.92 Å². The van der Waals surface area contributed by atoms with Crippen LogP contribution < -0.4 is 0 Å². The van der Waals surface area contributed by atoms with Gasteiger partial charge < -0.3 is 9.84 Å². The second kappa shape index (κ2) is 7.04. The number of carbonyl (C=O) groups is 1. The predicted molar refractivity (Wildman–Crippen MR) is 71.8 cm³/mol. The zero-order valence-corrected chi connectivity index (χ0v) is 11.5. The Hall–Kier alpha value is -1.51. The van der Waals surface area contributed by atoms with Gasteiger partial charge in [-0.2, -0.15) is 0 Å². The lowest BCUT2D eigenvalue weighted by Crippen LogP contribution is -2.07. The van der Waals surface area contributed by atoms with Crippen LogP contribution in [0.5, 0.6) is 5.75 Å². The number of rotatable bonds is 6. The summed E-state index contributed by atoms with van der Waals surface area (Å²) in [7, 11) is 0. The second-order valence-corrected chi connectivity index (χ2v) is 4.65. The summed E-state index contributed by atoms with van der Waals surface area (Å²) < 4.78 is 5.10. The molecule has 0 heterocycles. The highest BCUT2D eigenvalue weighted by Gasteiger charge is 2.07. The van der Waals surface area contributed by atoms with Crippen LogP contribution in [0, 0.1) is 13.8 Å². The summed E-state index contributed by atoms with van der Waals surface area (Å²) >= 11 is 0. The predicted octanol–water partition coefficient (Wildman–Crippen LogP) is 3.28. The van der Waals surface area contributed by atoms with E-state index in [1.807, 2.05) is 26.0 Å². The van der Waals surface area contributed by atoms with Gasteiger partial charge in [0.1, 0.15) is 5.75 Å². The second-order valence-electron chi connectivity index (χ2n) is 4.65. The van der Waals surface area contributed by atoms with Crippen molar-refractivity contribution < 1.29 is 14.6 Å². The van der Waals surface area contributed by atoms with E-state index in [0.29, 0.717) is 25.2 Å². The van der Waals surface area contributed by atoms with Gasteiger partial charge in [0.15, 0.2) is 0 Å². The molecule has 0 saturated carbocycles. The molecular weight excluding hydrogens is 228 g/mol. The number of aromatic hydroxyl groups is 1. The van der Waals surface area contributed by atoms with E-state index in [0.717, 1.165) is 29.5 Å². The Morgan fingerprint density at radius 3 is 2.44 bits per heavy atom. The standard InChI is InChI=1S/C15H22O3/c1-4-5-8-18-14(16)7-6-13-9-11(2)15(17)12(3)10-13/h9-10,17H,4-8H2,1-3H3. The summed E-state index contributed by atoms with van der Waals surface area (Å²) in [6, 6.07) is 3.84. The molecule has 3 heteroatoms. The average molecular weight is 250 g/mol. The average Bonchev–Trinajstić information content (AvgIpc) is 2.33. The van der Waals surface area contributed by atoms with E-state index in [1.54, 1.807) is 0 Å². The van der Waals surface area contributed by atoms with Crippen LogP contribution in [0.2, 0.25) is 0 Å². The quantitative estimate of drug-likeness (QED) is 0.622. The molecule has 0 saturated heterocycles. The van der Waals surface area contributed by atoms with Gasteiger partial charge >= 0.3 is 5.97 Å². The van der Waals surface area contributed by atoms with Crippen LogP contribution in [0.3, 0.4) is 0 Å². The third-order valence-electron chi connectivity index (χ3n) is 2.93. The molecule has 0 bridgehead atoms. The molecule has 100 valence electrons. The highest BCUT2D eigenvalue weighted by molar-refractivity contribution is 5.69. The smallest absolute Gasteiger partial charge is 0.306 e. The first-order valence-electron chi connectivity index (χ1n) is 6.49. The van der Waals surface area contributed by atoms with Gasteiger partial charge in [-0.25, -0.2) is 0 Å². The number of carbonyl (C=O) groups excluding carboxylic acids is 1. The highest BCUT2D eigenvalue weighted by Crippen LogP contribution is 2.23. The third kappa shape index (κ3) is 4.40. The Balaban J connectivity index is 2.46. The summed E-state index contributed by atoms with van der Waals surface area (Å²) in [5, 5.41) is 9.66. The minimum absolute atomic E-state index is 0.146. The molecule has 1 aromatic carbocycles. The van der Waals surface area contributed by atoms with Crippen LogP contribution in [0.1, 0.15) is 42.9 Å². The van der Waals surface area contributed by atoms with Crippen molar-refractivity contribution in [3.05, 3.63) is 28.8 Å². The summed E-state index contributed by atoms with van der Waals surface area (Å²) in [6.07, 6.45) is 3.01. The van der Waals surface area contributed by atoms with Crippen LogP contribution in [0.15, 0.2) is 12.1 Å². The molecule has 1 N–H and O–H groups in total. The molecule has 0 aliphatic carbocycles. The Morgan fingerprint density at radius 2 is 1.89 bits per heavy atom. The Morgan fingerprint density at radius 1 is 1.28 bits per heavy atom. The summed E-state index contributed by atoms with van der Waals surface area (Å²) in [4.78, 5) is 11.5. The maximum Gasteiger partial charge on any atom is 0.306 e. The van der Waals surface area contributed by atoms with E-state index in [-0.39, 0.29) is 5.97 Å². The first kappa shape index (κ1) is 14.6. The lowest BCUT2D eigenvalue weighted by molar-refractivity contribution is -0.143. The van der Waals surface area contributed by atoms with Crippen LogP contribution in [-0.2, 0) is 16.0 Å². The highest BCUT2D eigenvalue weighted by atomic mass is 16.5. The van der Waals surface area contributed by atoms with Gasteiger partial charge in [0, 0.05) is 6.42 Å². The van der Waals surface area contributed by atoms with Gasteiger partial charge in [-0.1, -0.05) is 25.5 Å². The fourth-order valence-corrected chi connectivity index (χ4v) is 1.84. The van der Waals surface area contributed by atoms with E-state index < -0.39 is 0 Å². The molecule has 0 aliphatic heterocycles. The van der Waals surface area contributed by atoms with Crippen molar-refractivity contribution in [3.8, 4) is 5.75 Å². The van der Waals surface area contributed by atoms with Crippen LogP contribution >= 0.6 is 0 Å². The molecule has 0 fully saturated rings. The number of ether oxygens (including phenoxy) is 1. The summed E-state index contributed by atoms with van der Waals surface area (Å²) in [5.41, 5.74) is 2.77. The number of hydrogen-bond acceptors (Lipinski definition) is 3. The molecule has 0 unspecified atom stereocenters. The summed E-state index contributed by atoms with van der Waals surface area (Å²) in [5.74, 6) is 0.191. The number of hydrogen-bond donors (Lipinski definition) is 1. The normalized spacial score (nSPS) is 10.4. The van der Waals surface area contributed by atoms with Crippen molar-refractivity contribution in [2.24, 2.45) is 0 Å². The van der Waals surface area contributed by atoms with Gasteiger partial charge in [0.2, 0.25) is 0 Å². The third-order valence-corrected chi connectivity index (χ3v) is 2.93. The zero-order valence-electron chi connectivity index (χ0n) is 11.5. The fourth-order valence-electron chi connectivity index (χ4n) is 1.84. The molecule has 0 amide bonds. The lowest BCUT2D eigenvalue weighted by Gasteiger charge is -2.08. The molecule has 1 aromatic rings. The van der Waals surface area contributed by atoms with Crippen molar-refractivity contribution in [1.82, 2.24) is 0 Å². The number of benzene rings is 1. The summed E-state index contributed by atoms with van der Waals surface area (Å²) in [6.45, 7) is 6.32. The lowest BCUT2D eigenvalue weighted by atomic mass is 10.0. The van der Waals surface area contributed by atoms with Gasteiger partial charge in [-0.3, -0.25) is 4.79 Å². The number of phenolic OH excluding ortho intramolecular Hbond substituents is 1. The Bertz CT molecular complexity index is 387. The fraction of sp³-hybridized carbons (Fsp3) is 0.533. The Kier molecular flexibility index (Phi) is 5.69. The minimum Gasteiger partial charge on any atom is -0.507 e. The van der Waals surface area contributed by atoms with E-state index in [4.69, 9.17) is 4.74 Å². The first-order valence-corrected chi connectivity index (χ1v) is 6.49. The van der Waals surface area contributed by atoms with Gasteiger partial charge in [0.05, 0.1) is 6.61 Å². The molecule has 18 heavy (non-hydrogen) atoms. The van der Waals surface area contributed by atoms with Crippen LogP contribution in [-0.4, -0.2) is 17.7 Å². The molecule has 1 rings (SSSR count). The van der Waals surface area contributed by atoms with Crippen molar-refractivity contribution in [2.75, 3.05) is 6.61 Å². The van der Waals surface area contributed by atoms with Crippen LogP contribution in [0.4, 0.5) is 0 Å². The monoisotopic (exact) mass is 250 g/mol. The zero-order chi connectivity index (χ0) is 13.5. The molecule has 0 atom stereocenters. The van der Waals surface area contributed by atoms with Crippen molar-refractivity contribution in [1.29, 1.82) is 0 Å². The maximum absolute atomic E-state index is 11.5. The number of phenols is 1. The maximum atomic E-state index is 11.5. The number of aryl methyl sites for hydroxylation is 3. The number of unbranched alkanes of at least 4 members (excludes halogenated alkanes) is 1. The topological polar surface area (TPSA) is 46.5 Å². The molecule has 0 aliphatic rings. The molecule has 0 aromatic heterocycles. The molecule has 3 nitrogen and oxygen atoms in total. The van der Waals surface area contributed by atoms with Gasteiger partial charge in [0.25, 0.3) is 0 Å². The Labute approximate surface area is 109 Å². The van der Waals surface area contributed by atoms with E-state index in [1.165, 1.54) is 0 Å². The van der Waals surface area contributed by atoms with Crippen molar-refractivity contribution in [2.45, 2.75) is 46.5 Å². The number of esters is 1. The first-order chi connectivity index (χ1) is 8.54. The molecule has 0 radical (unpaired) electrons. The van der Waals surface area contributed by atoms with Gasteiger partial charge in [-0.15, -0.1) is 0 Å². The molecule has 0 spiro atoms. The minimum atomic E-state index is -0.146. The van der Waals surface area contributed by atoms with Gasteiger partial charge in [-0.05, 0) is 43.4 Å². The molecular formula is C15H22O3. The SMILES string of the molecule is CCCCOC(=O)CCc1cc(C)c(O)c(C)c1. The largest absolute Gasteiger partial charge is 0.507 e. The van der Waals surface area contributed by atoms with Crippen molar-refractivity contribution in [3.63, 3.8) is 0 Å². The van der Waals surface area contributed by atoms with E-state index in [9.17, 15) is 9.90 Å². The van der Waals surface area contributed by atoms with Crippen LogP contribution in [0.25, 0.3) is 0 Å².